The Morgan fingerprint density at radius 3 is 2.69 bits per heavy atom. The summed E-state index contributed by atoms with van der Waals surface area (Å²) in [6, 6.07) is 0. The van der Waals surface area contributed by atoms with E-state index in [1.165, 1.54) is 7.11 Å². The van der Waals surface area contributed by atoms with Gasteiger partial charge in [-0.15, -0.1) is 0 Å². The lowest BCUT2D eigenvalue weighted by Gasteiger charge is -2.35. The van der Waals surface area contributed by atoms with E-state index in [4.69, 9.17) is 14.2 Å². The highest BCUT2D eigenvalue weighted by Crippen LogP contribution is 2.31. The molecule has 4 heteroatoms. The van der Waals surface area contributed by atoms with Crippen LogP contribution in [0, 0.1) is 11.8 Å². The maximum atomic E-state index is 11.3. The Balaban J connectivity index is 2.49. The fraction of sp³-hybridized carbons (Fsp3) is 0.917. The minimum atomic E-state index is -0.151. The minimum absolute atomic E-state index is 0.138. The van der Waals surface area contributed by atoms with Crippen LogP contribution in [0.3, 0.4) is 0 Å². The average molecular weight is 230 g/mol. The summed E-state index contributed by atoms with van der Waals surface area (Å²) >= 11 is 0. The summed E-state index contributed by atoms with van der Waals surface area (Å²) in [7, 11) is 1.43. The van der Waals surface area contributed by atoms with Gasteiger partial charge in [0.1, 0.15) is 0 Å². The quantitative estimate of drug-likeness (QED) is 0.677. The molecule has 1 aliphatic heterocycles. The number of hydrogen-bond acceptors (Lipinski definition) is 4. The molecule has 0 bridgehead atoms. The van der Waals surface area contributed by atoms with Crippen molar-refractivity contribution in [1.82, 2.24) is 0 Å². The van der Waals surface area contributed by atoms with Crippen molar-refractivity contribution in [3.63, 3.8) is 0 Å². The Morgan fingerprint density at radius 1 is 1.38 bits per heavy atom. The van der Waals surface area contributed by atoms with Crippen LogP contribution in [0.1, 0.15) is 33.1 Å². The van der Waals surface area contributed by atoms with Crippen LogP contribution in [0.25, 0.3) is 0 Å². The molecule has 1 fully saturated rings. The van der Waals surface area contributed by atoms with Crippen LogP contribution in [-0.2, 0) is 19.0 Å². The van der Waals surface area contributed by atoms with Gasteiger partial charge < -0.3 is 14.2 Å². The zero-order valence-corrected chi connectivity index (χ0v) is 10.4. The van der Waals surface area contributed by atoms with E-state index in [0.717, 1.165) is 12.8 Å². The molecule has 0 amide bonds. The molecule has 4 nitrogen and oxygen atoms in total. The minimum Gasteiger partial charge on any atom is -0.469 e. The Hall–Kier alpha value is -0.610. The predicted molar refractivity (Wildman–Crippen MR) is 59.9 cm³/mol. The van der Waals surface area contributed by atoms with Crippen molar-refractivity contribution < 1.29 is 19.0 Å². The second-order valence-electron chi connectivity index (χ2n) is 4.16. The van der Waals surface area contributed by atoms with Crippen LogP contribution < -0.4 is 0 Å². The first-order valence-electron chi connectivity index (χ1n) is 6.01. The second kappa shape index (κ2) is 6.86. The molecule has 1 saturated heterocycles. The first-order valence-corrected chi connectivity index (χ1v) is 6.01. The second-order valence-corrected chi connectivity index (χ2v) is 4.16. The molecule has 1 aliphatic rings. The molecule has 0 aromatic rings. The Morgan fingerprint density at radius 2 is 2.12 bits per heavy atom. The largest absolute Gasteiger partial charge is 0.469 e. The standard InChI is InChI=1S/C12H22O4/c1-4-9-8-16-12(15-5-2)7-10(9)6-11(13)14-3/h9-10,12H,4-8H2,1-3H3/t9-,10+,12-/m1/s1. The van der Waals surface area contributed by atoms with Gasteiger partial charge in [0, 0.05) is 19.4 Å². The smallest absolute Gasteiger partial charge is 0.305 e. The predicted octanol–water partition coefficient (Wildman–Crippen LogP) is 1.97. The third-order valence-electron chi connectivity index (χ3n) is 3.19. The van der Waals surface area contributed by atoms with E-state index in [2.05, 4.69) is 6.92 Å². The summed E-state index contributed by atoms with van der Waals surface area (Å²) in [4.78, 5) is 11.3. The molecule has 0 aliphatic carbocycles. The van der Waals surface area contributed by atoms with Crippen molar-refractivity contribution >= 4 is 5.97 Å². The molecule has 0 aromatic carbocycles. The molecule has 16 heavy (non-hydrogen) atoms. The topological polar surface area (TPSA) is 44.8 Å². The number of ether oxygens (including phenoxy) is 3. The van der Waals surface area contributed by atoms with E-state index in [9.17, 15) is 4.79 Å². The van der Waals surface area contributed by atoms with Gasteiger partial charge in [-0.25, -0.2) is 0 Å². The van der Waals surface area contributed by atoms with Crippen LogP contribution in [0.4, 0.5) is 0 Å². The van der Waals surface area contributed by atoms with Crippen molar-refractivity contribution in [1.29, 1.82) is 0 Å². The van der Waals surface area contributed by atoms with Gasteiger partial charge in [-0.3, -0.25) is 4.79 Å². The lowest BCUT2D eigenvalue weighted by Crippen LogP contribution is -2.36. The molecule has 0 radical (unpaired) electrons. The van der Waals surface area contributed by atoms with Crippen molar-refractivity contribution in [3.05, 3.63) is 0 Å². The number of methoxy groups -OCH3 is 1. The molecule has 1 heterocycles. The molecular weight excluding hydrogens is 208 g/mol. The zero-order chi connectivity index (χ0) is 12.0. The van der Waals surface area contributed by atoms with Gasteiger partial charge in [-0.1, -0.05) is 13.3 Å². The molecule has 0 unspecified atom stereocenters. The lowest BCUT2D eigenvalue weighted by atomic mass is 9.83. The summed E-state index contributed by atoms with van der Waals surface area (Å²) in [6.45, 7) is 5.40. The fourth-order valence-electron chi connectivity index (χ4n) is 2.18. The highest BCUT2D eigenvalue weighted by molar-refractivity contribution is 5.69. The van der Waals surface area contributed by atoms with Crippen LogP contribution in [0.15, 0.2) is 0 Å². The van der Waals surface area contributed by atoms with Gasteiger partial charge in [0.05, 0.1) is 13.7 Å². The molecule has 0 N–H and O–H groups in total. The Bertz CT molecular complexity index is 217. The van der Waals surface area contributed by atoms with E-state index in [1.54, 1.807) is 0 Å². The first kappa shape index (κ1) is 13.5. The summed E-state index contributed by atoms with van der Waals surface area (Å²) in [6.07, 6.45) is 2.15. The highest BCUT2D eigenvalue weighted by Gasteiger charge is 2.32. The number of rotatable bonds is 5. The molecule has 94 valence electrons. The van der Waals surface area contributed by atoms with Crippen molar-refractivity contribution in [2.45, 2.75) is 39.4 Å². The molecular formula is C12H22O4. The average Bonchev–Trinajstić information content (AvgIpc) is 2.30. The van der Waals surface area contributed by atoms with E-state index < -0.39 is 0 Å². The van der Waals surface area contributed by atoms with Gasteiger partial charge in [0.2, 0.25) is 0 Å². The van der Waals surface area contributed by atoms with Gasteiger partial charge in [-0.05, 0) is 18.8 Å². The number of carbonyl (C=O) groups excluding carboxylic acids is 1. The number of carbonyl (C=O) groups is 1. The molecule has 0 spiro atoms. The summed E-state index contributed by atoms with van der Waals surface area (Å²) in [5, 5.41) is 0. The maximum Gasteiger partial charge on any atom is 0.305 e. The molecule has 3 atom stereocenters. The van der Waals surface area contributed by atoms with Gasteiger partial charge in [-0.2, -0.15) is 0 Å². The van der Waals surface area contributed by atoms with Crippen molar-refractivity contribution in [2.75, 3.05) is 20.3 Å². The first-order chi connectivity index (χ1) is 7.71. The molecule has 0 aromatic heterocycles. The fourth-order valence-corrected chi connectivity index (χ4v) is 2.18. The van der Waals surface area contributed by atoms with Crippen LogP contribution in [0.2, 0.25) is 0 Å². The van der Waals surface area contributed by atoms with Crippen molar-refractivity contribution in [3.8, 4) is 0 Å². The monoisotopic (exact) mass is 230 g/mol. The van der Waals surface area contributed by atoms with Gasteiger partial charge >= 0.3 is 5.97 Å². The maximum absolute atomic E-state index is 11.3. The van der Waals surface area contributed by atoms with Crippen LogP contribution >= 0.6 is 0 Å². The summed E-state index contributed by atoms with van der Waals surface area (Å²) < 4.78 is 15.8. The third-order valence-corrected chi connectivity index (χ3v) is 3.19. The van der Waals surface area contributed by atoms with E-state index >= 15 is 0 Å². The number of esters is 1. The van der Waals surface area contributed by atoms with Crippen molar-refractivity contribution in [2.24, 2.45) is 11.8 Å². The normalized spacial score (nSPS) is 30.1. The summed E-state index contributed by atoms with van der Waals surface area (Å²) in [5.74, 6) is 0.624. The number of hydrogen-bond donors (Lipinski definition) is 0. The summed E-state index contributed by atoms with van der Waals surface area (Å²) in [5.41, 5.74) is 0. The third kappa shape index (κ3) is 3.76. The van der Waals surface area contributed by atoms with E-state index in [1.807, 2.05) is 6.92 Å². The van der Waals surface area contributed by atoms with E-state index in [0.29, 0.717) is 31.5 Å². The van der Waals surface area contributed by atoms with Crippen LogP contribution in [-0.4, -0.2) is 32.6 Å². The molecule has 1 rings (SSSR count). The SMILES string of the molecule is CCO[C@H]1C[C@H](CC(=O)OC)[C@H](CC)CO1. The van der Waals surface area contributed by atoms with Gasteiger partial charge in [0.15, 0.2) is 6.29 Å². The lowest BCUT2D eigenvalue weighted by molar-refractivity contribution is -0.191. The zero-order valence-electron chi connectivity index (χ0n) is 10.4. The Kier molecular flexibility index (Phi) is 5.77. The van der Waals surface area contributed by atoms with Crippen LogP contribution in [0.5, 0.6) is 0 Å². The molecule has 0 saturated carbocycles. The van der Waals surface area contributed by atoms with E-state index in [-0.39, 0.29) is 12.3 Å². The van der Waals surface area contributed by atoms with Gasteiger partial charge in [0.25, 0.3) is 0 Å². The Labute approximate surface area is 97.2 Å². The highest BCUT2D eigenvalue weighted by atomic mass is 16.7.